The van der Waals surface area contributed by atoms with Gasteiger partial charge in [-0.3, -0.25) is 4.68 Å². The van der Waals surface area contributed by atoms with Crippen molar-refractivity contribution < 1.29 is 0 Å². The lowest BCUT2D eigenvalue weighted by Crippen LogP contribution is -2.31. The van der Waals surface area contributed by atoms with E-state index in [-0.39, 0.29) is 0 Å². The monoisotopic (exact) mass is 233 g/mol. The van der Waals surface area contributed by atoms with E-state index in [9.17, 15) is 0 Å². The Labute approximate surface area is 104 Å². The Kier molecular flexibility index (Phi) is 3.19. The first kappa shape index (κ1) is 11.3. The standard InChI is InChI=1S/C14H23N3/c1-17-14(8-11-4-3-7-15-9-11)13(10-16-17)12-5-2-6-12/h10-12,15H,2-9H2,1H3. The summed E-state index contributed by atoms with van der Waals surface area (Å²) in [5, 5.41) is 7.99. The summed E-state index contributed by atoms with van der Waals surface area (Å²) in [4.78, 5) is 0. The second-order valence-corrected chi connectivity index (χ2v) is 5.71. The number of nitrogens with zero attached hydrogens (tertiary/aromatic N) is 2. The number of aromatic nitrogens is 2. The molecule has 2 aliphatic rings. The molecule has 0 aromatic carbocycles. The first-order chi connectivity index (χ1) is 8.34. The third kappa shape index (κ3) is 2.25. The molecule has 1 unspecified atom stereocenters. The topological polar surface area (TPSA) is 29.9 Å². The predicted octanol–water partition coefficient (Wildman–Crippen LogP) is 2.23. The lowest BCUT2D eigenvalue weighted by atomic mass is 9.79. The van der Waals surface area contributed by atoms with Crippen LogP contribution in [0.15, 0.2) is 6.20 Å². The number of hydrogen-bond acceptors (Lipinski definition) is 2. The second-order valence-electron chi connectivity index (χ2n) is 5.71. The fourth-order valence-corrected chi connectivity index (χ4v) is 3.16. The SMILES string of the molecule is Cn1ncc(C2CCC2)c1CC1CCCNC1. The minimum atomic E-state index is 0.815. The first-order valence-corrected chi connectivity index (χ1v) is 7.06. The molecule has 1 aliphatic heterocycles. The maximum atomic E-state index is 4.48. The van der Waals surface area contributed by atoms with Gasteiger partial charge in [0.2, 0.25) is 0 Å². The summed E-state index contributed by atoms with van der Waals surface area (Å²) in [5.74, 6) is 1.63. The quantitative estimate of drug-likeness (QED) is 0.867. The van der Waals surface area contributed by atoms with Gasteiger partial charge < -0.3 is 5.32 Å². The molecule has 0 bridgehead atoms. The normalized spacial score (nSPS) is 25.8. The van der Waals surface area contributed by atoms with E-state index < -0.39 is 0 Å². The van der Waals surface area contributed by atoms with Gasteiger partial charge in [0.25, 0.3) is 0 Å². The van der Waals surface area contributed by atoms with Gasteiger partial charge in [0.05, 0.1) is 6.20 Å². The summed E-state index contributed by atoms with van der Waals surface area (Å²) < 4.78 is 2.11. The Morgan fingerprint density at radius 2 is 2.24 bits per heavy atom. The summed E-state index contributed by atoms with van der Waals surface area (Å²) >= 11 is 0. The Balaban J connectivity index is 1.73. The molecule has 1 saturated heterocycles. The Bertz CT molecular complexity index is 373. The van der Waals surface area contributed by atoms with Crippen LogP contribution in [0.5, 0.6) is 0 Å². The van der Waals surface area contributed by atoms with Crippen LogP contribution in [-0.2, 0) is 13.5 Å². The Hall–Kier alpha value is -0.830. The van der Waals surface area contributed by atoms with Crippen molar-refractivity contribution in [3.05, 3.63) is 17.5 Å². The van der Waals surface area contributed by atoms with Crippen LogP contribution in [-0.4, -0.2) is 22.9 Å². The molecule has 2 heterocycles. The average molecular weight is 233 g/mol. The fourth-order valence-electron chi connectivity index (χ4n) is 3.16. The molecule has 1 aromatic rings. The molecule has 1 atom stereocenters. The first-order valence-electron chi connectivity index (χ1n) is 7.06. The molecule has 1 aromatic heterocycles. The van der Waals surface area contributed by atoms with E-state index in [1.807, 2.05) is 0 Å². The molecule has 1 aliphatic carbocycles. The van der Waals surface area contributed by atoms with Crippen LogP contribution in [0.3, 0.4) is 0 Å². The summed E-state index contributed by atoms with van der Waals surface area (Å²) in [6.45, 7) is 2.40. The van der Waals surface area contributed by atoms with E-state index in [1.165, 1.54) is 57.3 Å². The van der Waals surface area contributed by atoms with E-state index in [0.29, 0.717) is 0 Å². The van der Waals surface area contributed by atoms with E-state index in [4.69, 9.17) is 0 Å². The minimum absolute atomic E-state index is 0.815. The fraction of sp³-hybridized carbons (Fsp3) is 0.786. The Morgan fingerprint density at radius 1 is 1.35 bits per heavy atom. The smallest absolute Gasteiger partial charge is 0.0527 e. The van der Waals surface area contributed by atoms with Crippen LogP contribution < -0.4 is 5.32 Å². The molecule has 1 saturated carbocycles. The molecule has 1 N–H and O–H groups in total. The predicted molar refractivity (Wildman–Crippen MR) is 69.1 cm³/mol. The molecule has 3 heteroatoms. The van der Waals surface area contributed by atoms with E-state index in [0.717, 1.165) is 11.8 Å². The second kappa shape index (κ2) is 4.81. The number of hydrogen-bond donors (Lipinski definition) is 1. The minimum Gasteiger partial charge on any atom is -0.316 e. The van der Waals surface area contributed by atoms with Crippen molar-refractivity contribution in [1.82, 2.24) is 15.1 Å². The summed E-state index contributed by atoms with van der Waals surface area (Å²) in [6.07, 6.45) is 10.2. The maximum absolute atomic E-state index is 4.48. The van der Waals surface area contributed by atoms with Crippen LogP contribution in [0.25, 0.3) is 0 Å². The molecular formula is C14H23N3. The molecular weight excluding hydrogens is 210 g/mol. The molecule has 3 nitrogen and oxygen atoms in total. The van der Waals surface area contributed by atoms with Gasteiger partial charge >= 0.3 is 0 Å². The highest BCUT2D eigenvalue weighted by molar-refractivity contribution is 5.25. The highest BCUT2D eigenvalue weighted by Gasteiger charge is 2.26. The third-order valence-corrected chi connectivity index (χ3v) is 4.52. The van der Waals surface area contributed by atoms with Gasteiger partial charge in [-0.05, 0) is 62.6 Å². The van der Waals surface area contributed by atoms with Crippen molar-refractivity contribution in [3.63, 3.8) is 0 Å². The molecule has 0 spiro atoms. The van der Waals surface area contributed by atoms with E-state index in [2.05, 4.69) is 28.3 Å². The molecule has 17 heavy (non-hydrogen) atoms. The summed E-state index contributed by atoms with van der Waals surface area (Å²) in [7, 11) is 2.10. The van der Waals surface area contributed by atoms with E-state index in [1.54, 1.807) is 5.56 Å². The lowest BCUT2D eigenvalue weighted by Gasteiger charge is -2.28. The van der Waals surface area contributed by atoms with Crippen molar-refractivity contribution in [2.45, 2.75) is 44.4 Å². The number of nitrogens with one attached hydrogen (secondary N) is 1. The lowest BCUT2D eigenvalue weighted by molar-refractivity contribution is 0.363. The molecule has 0 amide bonds. The van der Waals surface area contributed by atoms with Crippen molar-refractivity contribution >= 4 is 0 Å². The van der Waals surface area contributed by atoms with Gasteiger partial charge in [0.15, 0.2) is 0 Å². The Morgan fingerprint density at radius 3 is 2.88 bits per heavy atom. The molecule has 2 fully saturated rings. The highest BCUT2D eigenvalue weighted by atomic mass is 15.3. The number of aryl methyl sites for hydroxylation is 1. The van der Waals surface area contributed by atoms with Crippen molar-refractivity contribution in [2.24, 2.45) is 13.0 Å². The zero-order valence-corrected chi connectivity index (χ0v) is 10.8. The van der Waals surface area contributed by atoms with E-state index >= 15 is 0 Å². The van der Waals surface area contributed by atoms with Crippen LogP contribution in [0.2, 0.25) is 0 Å². The summed E-state index contributed by atoms with van der Waals surface area (Å²) in [6, 6.07) is 0. The zero-order chi connectivity index (χ0) is 11.7. The van der Waals surface area contributed by atoms with Crippen LogP contribution in [0.4, 0.5) is 0 Å². The maximum Gasteiger partial charge on any atom is 0.0527 e. The van der Waals surface area contributed by atoms with Gasteiger partial charge in [-0.1, -0.05) is 6.42 Å². The molecule has 94 valence electrons. The highest BCUT2D eigenvalue weighted by Crippen LogP contribution is 2.38. The number of piperidine rings is 1. The van der Waals surface area contributed by atoms with Crippen LogP contribution >= 0.6 is 0 Å². The molecule has 0 radical (unpaired) electrons. The zero-order valence-electron chi connectivity index (χ0n) is 10.8. The van der Waals surface area contributed by atoms with Crippen molar-refractivity contribution in [3.8, 4) is 0 Å². The third-order valence-electron chi connectivity index (χ3n) is 4.52. The van der Waals surface area contributed by atoms with Gasteiger partial charge in [0, 0.05) is 12.7 Å². The molecule has 3 rings (SSSR count). The largest absolute Gasteiger partial charge is 0.316 e. The van der Waals surface area contributed by atoms with Gasteiger partial charge in [0.1, 0.15) is 0 Å². The van der Waals surface area contributed by atoms with Gasteiger partial charge in [-0.2, -0.15) is 5.10 Å². The van der Waals surface area contributed by atoms with Gasteiger partial charge in [-0.15, -0.1) is 0 Å². The van der Waals surface area contributed by atoms with Gasteiger partial charge in [-0.25, -0.2) is 0 Å². The average Bonchev–Trinajstić information content (AvgIpc) is 2.61. The summed E-state index contributed by atoms with van der Waals surface area (Å²) in [5.41, 5.74) is 3.05. The van der Waals surface area contributed by atoms with Crippen molar-refractivity contribution in [1.29, 1.82) is 0 Å². The van der Waals surface area contributed by atoms with Crippen LogP contribution in [0, 0.1) is 5.92 Å². The number of rotatable bonds is 3. The van der Waals surface area contributed by atoms with Crippen LogP contribution in [0.1, 0.15) is 49.3 Å². The van der Waals surface area contributed by atoms with Crippen molar-refractivity contribution in [2.75, 3.05) is 13.1 Å².